The molecule has 0 aliphatic carbocycles. The van der Waals surface area contributed by atoms with Crippen LogP contribution in [-0.2, 0) is 0 Å². The molecule has 1 heterocycles. The van der Waals surface area contributed by atoms with Crippen LogP contribution in [0.1, 0.15) is 28.4 Å². The lowest BCUT2D eigenvalue weighted by Gasteiger charge is -2.17. The summed E-state index contributed by atoms with van der Waals surface area (Å²) in [5.74, 6) is 0.515. The SMILES string of the molecule is Cc1cccc(C)c1OCC(C)NC(=O)c1c[nH]c(=O)c(Cl)c1. The minimum Gasteiger partial charge on any atom is -0.491 e. The second-order valence-corrected chi connectivity index (χ2v) is 5.88. The number of halogens is 1. The summed E-state index contributed by atoms with van der Waals surface area (Å²) >= 11 is 5.72. The van der Waals surface area contributed by atoms with Crippen molar-refractivity contribution in [3.05, 3.63) is 62.5 Å². The second-order valence-electron chi connectivity index (χ2n) is 5.47. The van der Waals surface area contributed by atoms with Crippen LogP contribution in [0, 0.1) is 13.8 Å². The molecule has 1 unspecified atom stereocenters. The zero-order chi connectivity index (χ0) is 17.0. The van der Waals surface area contributed by atoms with Gasteiger partial charge < -0.3 is 15.0 Å². The first-order valence-electron chi connectivity index (χ1n) is 7.26. The van der Waals surface area contributed by atoms with Gasteiger partial charge in [-0.2, -0.15) is 0 Å². The molecule has 6 heteroatoms. The van der Waals surface area contributed by atoms with Crippen molar-refractivity contribution in [2.24, 2.45) is 0 Å². The van der Waals surface area contributed by atoms with E-state index in [9.17, 15) is 9.59 Å². The van der Waals surface area contributed by atoms with Crippen LogP contribution in [-0.4, -0.2) is 23.5 Å². The molecule has 5 nitrogen and oxygen atoms in total. The number of aryl methyl sites for hydroxylation is 2. The number of rotatable bonds is 5. The van der Waals surface area contributed by atoms with Crippen molar-refractivity contribution in [2.75, 3.05) is 6.61 Å². The summed E-state index contributed by atoms with van der Waals surface area (Å²) in [7, 11) is 0. The number of pyridine rings is 1. The normalized spacial score (nSPS) is 11.8. The van der Waals surface area contributed by atoms with E-state index in [4.69, 9.17) is 16.3 Å². The van der Waals surface area contributed by atoms with E-state index in [0.29, 0.717) is 12.2 Å². The van der Waals surface area contributed by atoms with Gasteiger partial charge in [0.1, 0.15) is 17.4 Å². The summed E-state index contributed by atoms with van der Waals surface area (Å²) < 4.78 is 5.81. The number of carbonyl (C=O) groups excluding carboxylic acids is 1. The maximum absolute atomic E-state index is 12.1. The average Bonchev–Trinajstić information content (AvgIpc) is 2.49. The van der Waals surface area contributed by atoms with E-state index in [1.807, 2.05) is 39.0 Å². The van der Waals surface area contributed by atoms with E-state index in [-0.39, 0.29) is 17.0 Å². The highest BCUT2D eigenvalue weighted by Gasteiger charge is 2.13. The lowest BCUT2D eigenvalue weighted by atomic mass is 10.1. The Morgan fingerprint density at radius 3 is 2.61 bits per heavy atom. The van der Waals surface area contributed by atoms with Crippen LogP contribution >= 0.6 is 11.6 Å². The number of para-hydroxylation sites is 1. The molecule has 1 aromatic carbocycles. The van der Waals surface area contributed by atoms with Crippen molar-refractivity contribution in [2.45, 2.75) is 26.8 Å². The Hall–Kier alpha value is -2.27. The molecule has 2 rings (SSSR count). The number of benzene rings is 1. The fourth-order valence-corrected chi connectivity index (χ4v) is 2.34. The Bertz CT molecular complexity index is 750. The summed E-state index contributed by atoms with van der Waals surface area (Å²) in [6, 6.07) is 7.08. The number of hydrogen-bond donors (Lipinski definition) is 2. The van der Waals surface area contributed by atoms with Crippen molar-refractivity contribution in [3.63, 3.8) is 0 Å². The molecule has 0 saturated carbocycles. The Kier molecular flexibility index (Phi) is 5.45. The molecule has 0 aliphatic rings. The van der Waals surface area contributed by atoms with Crippen LogP contribution in [0.4, 0.5) is 0 Å². The summed E-state index contributed by atoms with van der Waals surface area (Å²) in [6.07, 6.45) is 1.34. The van der Waals surface area contributed by atoms with Crippen LogP contribution < -0.4 is 15.6 Å². The molecule has 0 saturated heterocycles. The van der Waals surface area contributed by atoms with E-state index in [1.165, 1.54) is 12.3 Å². The third-order valence-electron chi connectivity index (χ3n) is 3.38. The third kappa shape index (κ3) is 4.36. The number of nitrogens with one attached hydrogen (secondary N) is 2. The molecule has 2 N–H and O–H groups in total. The molecule has 0 spiro atoms. The van der Waals surface area contributed by atoms with Gasteiger partial charge >= 0.3 is 0 Å². The van der Waals surface area contributed by atoms with Crippen LogP contribution in [0.15, 0.2) is 35.3 Å². The van der Waals surface area contributed by atoms with E-state index >= 15 is 0 Å². The molecular formula is C17H19ClN2O3. The summed E-state index contributed by atoms with van der Waals surface area (Å²) in [4.78, 5) is 25.7. The van der Waals surface area contributed by atoms with E-state index in [2.05, 4.69) is 10.3 Å². The smallest absolute Gasteiger partial charge is 0.266 e. The highest BCUT2D eigenvalue weighted by Crippen LogP contribution is 2.22. The molecule has 0 aliphatic heterocycles. The van der Waals surface area contributed by atoms with Gasteiger partial charge in [0.25, 0.3) is 11.5 Å². The Labute approximate surface area is 139 Å². The van der Waals surface area contributed by atoms with Crippen LogP contribution in [0.2, 0.25) is 5.02 Å². The minimum atomic E-state index is -0.422. The summed E-state index contributed by atoms with van der Waals surface area (Å²) in [6.45, 7) is 6.15. The van der Waals surface area contributed by atoms with Gasteiger partial charge in [-0.1, -0.05) is 29.8 Å². The van der Waals surface area contributed by atoms with Crippen molar-refractivity contribution in [3.8, 4) is 5.75 Å². The highest BCUT2D eigenvalue weighted by molar-refractivity contribution is 6.30. The van der Waals surface area contributed by atoms with Gasteiger partial charge in [-0.25, -0.2) is 0 Å². The molecule has 0 radical (unpaired) electrons. The molecule has 2 aromatic rings. The Morgan fingerprint density at radius 2 is 2.00 bits per heavy atom. The maximum Gasteiger partial charge on any atom is 0.266 e. The molecule has 1 aromatic heterocycles. The number of aromatic amines is 1. The number of H-pyrrole nitrogens is 1. The minimum absolute atomic E-state index is 0.0166. The van der Waals surface area contributed by atoms with Crippen LogP contribution in [0.25, 0.3) is 0 Å². The van der Waals surface area contributed by atoms with Crippen molar-refractivity contribution in [1.29, 1.82) is 0 Å². The largest absolute Gasteiger partial charge is 0.491 e. The topological polar surface area (TPSA) is 71.2 Å². The molecular weight excluding hydrogens is 316 g/mol. The molecule has 0 fully saturated rings. The monoisotopic (exact) mass is 334 g/mol. The molecule has 23 heavy (non-hydrogen) atoms. The average molecular weight is 335 g/mol. The van der Waals surface area contributed by atoms with E-state index in [0.717, 1.165) is 16.9 Å². The molecule has 1 amide bonds. The number of hydrogen-bond acceptors (Lipinski definition) is 3. The Balaban J connectivity index is 1.96. The fraction of sp³-hybridized carbons (Fsp3) is 0.294. The lowest BCUT2D eigenvalue weighted by Crippen LogP contribution is -2.37. The first kappa shape index (κ1) is 17.1. The Morgan fingerprint density at radius 1 is 1.35 bits per heavy atom. The van der Waals surface area contributed by atoms with Gasteiger partial charge in [-0.15, -0.1) is 0 Å². The van der Waals surface area contributed by atoms with E-state index in [1.54, 1.807) is 0 Å². The zero-order valence-corrected chi connectivity index (χ0v) is 14.0. The van der Waals surface area contributed by atoms with Crippen molar-refractivity contribution < 1.29 is 9.53 Å². The van der Waals surface area contributed by atoms with Crippen LogP contribution in [0.3, 0.4) is 0 Å². The maximum atomic E-state index is 12.1. The predicted molar refractivity (Wildman–Crippen MR) is 90.4 cm³/mol. The predicted octanol–water partition coefficient (Wildman–Crippen LogP) is 2.84. The fourth-order valence-electron chi connectivity index (χ4n) is 2.17. The van der Waals surface area contributed by atoms with Gasteiger partial charge in [0, 0.05) is 6.20 Å². The quantitative estimate of drug-likeness (QED) is 0.883. The van der Waals surface area contributed by atoms with Gasteiger partial charge in [0.05, 0.1) is 11.6 Å². The third-order valence-corrected chi connectivity index (χ3v) is 3.66. The number of amides is 1. The molecule has 122 valence electrons. The number of carbonyl (C=O) groups is 1. The first-order chi connectivity index (χ1) is 10.9. The highest BCUT2D eigenvalue weighted by atomic mass is 35.5. The summed E-state index contributed by atoms with van der Waals surface area (Å²) in [5.41, 5.74) is 1.98. The van der Waals surface area contributed by atoms with Crippen LogP contribution in [0.5, 0.6) is 5.75 Å². The van der Waals surface area contributed by atoms with Gasteiger partial charge in [-0.3, -0.25) is 9.59 Å². The first-order valence-corrected chi connectivity index (χ1v) is 7.64. The lowest BCUT2D eigenvalue weighted by molar-refractivity contribution is 0.0926. The van der Waals surface area contributed by atoms with Crippen molar-refractivity contribution >= 4 is 17.5 Å². The van der Waals surface area contributed by atoms with Gasteiger partial charge in [-0.05, 0) is 38.0 Å². The van der Waals surface area contributed by atoms with Gasteiger partial charge in [0.2, 0.25) is 0 Å². The number of aromatic nitrogens is 1. The van der Waals surface area contributed by atoms with Gasteiger partial charge in [0.15, 0.2) is 0 Å². The van der Waals surface area contributed by atoms with Crippen molar-refractivity contribution in [1.82, 2.24) is 10.3 Å². The summed E-state index contributed by atoms with van der Waals surface area (Å²) in [5, 5.41) is 2.79. The second kappa shape index (κ2) is 7.33. The molecule has 0 bridgehead atoms. The number of ether oxygens (including phenoxy) is 1. The standard InChI is InChI=1S/C17H19ClN2O3/c1-10-5-4-6-11(2)15(10)23-9-12(3)20-16(21)13-7-14(18)17(22)19-8-13/h4-8,12H,9H2,1-3H3,(H,19,22)(H,20,21). The van der Waals surface area contributed by atoms with E-state index < -0.39 is 5.56 Å². The zero-order valence-electron chi connectivity index (χ0n) is 13.3. The molecule has 1 atom stereocenters.